The van der Waals surface area contributed by atoms with Gasteiger partial charge in [0.1, 0.15) is 0 Å². The average Bonchev–Trinajstić information content (AvgIpc) is 2.84. The van der Waals surface area contributed by atoms with E-state index < -0.39 is 0 Å². The van der Waals surface area contributed by atoms with E-state index in [0.29, 0.717) is 6.54 Å². The fraction of sp³-hybridized carbons (Fsp3) is 0.579. The molecule has 0 fully saturated rings. The van der Waals surface area contributed by atoms with E-state index in [2.05, 4.69) is 70.1 Å². The van der Waals surface area contributed by atoms with Crippen LogP contribution >= 0.6 is 12.4 Å². The highest BCUT2D eigenvalue weighted by molar-refractivity contribution is 5.85. The van der Waals surface area contributed by atoms with Gasteiger partial charge >= 0.3 is 0 Å². The Labute approximate surface area is 152 Å². The molecule has 1 aromatic heterocycles. The molecule has 4 nitrogen and oxygen atoms in total. The Hall–Kier alpha value is -1.39. The lowest BCUT2D eigenvalue weighted by atomic mass is 9.79. The third-order valence-electron chi connectivity index (χ3n) is 4.06. The van der Waals surface area contributed by atoms with E-state index in [0.717, 1.165) is 18.7 Å². The maximum atomic E-state index is 5.58. The standard InChI is InChI=1S/C19H30N4.ClH/c1-18(2,3)15-9-14(10-16(11-15)19(4,5)6)12-23-13-17(7-8-20)21-22-23;/h9-11,13H,7-8,12,20H2,1-6H3;1H. The minimum Gasteiger partial charge on any atom is -0.330 e. The van der Waals surface area contributed by atoms with Crippen molar-refractivity contribution in [2.75, 3.05) is 6.54 Å². The summed E-state index contributed by atoms with van der Waals surface area (Å²) in [6.07, 6.45) is 2.77. The lowest BCUT2D eigenvalue weighted by Crippen LogP contribution is -2.17. The van der Waals surface area contributed by atoms with Crippen LogP contribution in [0.2, 0.25) is 0 Å². The van der Waals surface area contributed by atoms with E-state index in [9.17, 15) is 0 Å². The lowest BCUT2D eigenvalue weighted by molar-refractivity contribution is 0.563. The predicted molar refractivity (Wildman–Crippen MR) is 103 cm³/mol. The molecule has 0 aliphatic heterocycles. The minimum absolute atomic E-state index is 0. The van der Waals surface area contributed by atoms with Crippen LogP contribution in [0.15, 0.2) is 24.4 Å². The van der Waals surface area contributed by atoms with Gasteiger partial charge < -0.3 is 5.73 Å². The zero-order chi connectivity index (χ0) is 17.3. The fourth-order valence-electron chi connectivity index (χ4n) is 2.51. The van der Waals surface area contributed by atoms with Crippen molar-refractivity contribution < 1.29 is 0 Å². The minimum atomic E-state index is 0. The van der Waals surface area contributed by atoms with Crippen LogP contribution in [-0.2, 0) is 23.8 Å². The Morgan fingerprint density at radius 3 is 1.96 bits per heavy atom. The normalized spacial score (nSPS) is 12.1. The van der Waals surface area contributed by atoms with Gasteiger partial charge in [0.15, 0.2) is 0 Å². The molecule has 2 rings (SSSR count). The van der Waals surface area contributed by atoms with E-state index in [1.807, 2.05) is 10.9 Å². The molecule has 0 unspecified atom stereocenters. The summed E-state index contributed by atoms with van der Waals surface area (Å²) >= 11 is 0. The van der Waals surface area contributed by atoms with Crippen LogP contribution in [0.1, 0.15) is 63.9 Å². The number of nitrogens with two attached hydrogens (primary N) is 1. The van der Waals surface area contributed by atoms with Crippen molar-refractivity contribution in [3.8, 4) is 0 Å². The number of rotatable bonds is 4. The van der Waals surface area contributed by atoms with Crippen molar-refractivity contribution in [3.63, 3.8) is 0 Å². The van der Waals surface area contributed by atoms with Gasteiger partial charge in [0.05, 0.1) is 12.2 Å². The summed E-state index contributed by atoms with van der Waals surface area (Å²) in [6.45, 7) is 14.9. The molecule has 0 atom stereocenters. The molecule has 0 aliphatic rings. The van der Waals surface area contributed by atoms with Gasteiger partial charge in [-0.2, -0.15) is 0 Å². The van der Waals surface area contributed by atoms with Gasteiger partial charge in [-0.3, -0.25) is 0 Å². The number of halogens is 1. The molecule has 5 heteroatoms. The largest absolute Gasteiger partial charge is 0.330 e. The van der Waals surface area contributed by atoms with Crippen LogP contribution in [-0.4, -0.2) is 21.5 Å². The van der Waals surface area contributed by atoms with Crippen LogP contribution in [0.5, 0.6) is 0 Å². The van der Waals surface area contributed by atoms with Gasteiger partial charge in [0.2, 0.25) is 0 Å². The first-order chi connectivity index (χ1) is 10.6. The molecule has 24 heavy (non-hydrogen) atoms. The Bertz CT molecular complexity index is 630. The lowest BCUT2D eigenvalue weighted by Gasteiger charge is -2.26. The molecule has 0 amide bonds. The molecule has 1 aromatic carbocycles. The van der Waals surface area contributed by atoms with E-state index in [4.69, 9.17) is 5.73 Å². The molecule has 0 spiro atoms. The highest BCUT2D eigenvalue weighted by Crippen LogP contribution is 2.30. The van der Waals surface area contributed by atoms with Crippen molar-refractivity contribution >= 4 is 12.4 Å². The summed E-state index contributed by atoms with van der Waals surface area (Å²) in [4.78, 5) is 0. The molecule has 2 N–H and O–H groups in total. The molecule has 0 aliphatic carbocycles. The summed E-state index contributed by atoms with van der Waals surface area (Å²) in [7, 11) is 0. The molecule has 0 saturated carbocycles. The highest BCUT2D eigenvalue weighted by Gasteiger charge is 2.20. The molecule has 0 radical (unpaired) electrons. The van der Waals surface area contributed by atoms with Crippen molar-refractivity contribution in [2.24, 2.45) is 5.73 Å². The molecule has 134 valence electrons. The summed E-state index contributed by atoms with van der Waals surface area (Å²) in [5.41, 5.74) is 10.8. The first-order valence-corrected chi connectivity index (χ1v) is 8.33. The van der Waals surface area contributed by atoms with E-state index in [1.54, 1.807) is 0 Å². The second-order valence-corrected chi connectivity index (χ2v) is 8.36. The van der Waals surface area contributed by atoms with Crippen molar-refractivity contribution in [1.82, 2.24) is 15.0 Å². The quantitative estimate of drug-likeness (QED) is 0.911. The van der Waals surface area contributed by atoms with Gasteiger partial charge in [-0.05, 0) is 34.1 Å². The van der Waals surface area contributed by atoms with Crippen molar-refractivity contribution in [3.05, 3.63) is 46.8 Å². The summed E-state index contributed by atoms with van der Waals surface area (Å²) in [6, 6.07) is 6.92. The van der Waals surface area contributed by atoms with Gasteiger partial charge in [0, 0.05) is 12.6 Å². The summed E-state index contributed by atoms with van der Waals surface area (Å²) in [5, 5.41) is 8.40. The highest BCUT2D eigenvalue weighted by atomic mass is 35.5. The van der Waals surface area contributed by atoms with E-state index in [1.165, 1.54) is 16.7 Å². The topological polar surface area (TPSA) is 56.7 Å². The zero-order valence-electron chi connectivity index (χ0n) is 15.8. The van der Waals surface area contributed by atoms with Gasteiger partial charge in [-0.1, -0.05) is 65.0 Å². The molecular weight excluding hydrogens is 320 g/mol. The number of nitrogens with zero attached hydrogens (tertiary/aromatic N) is 3. The summed E-state index contributed by atoms with van der Waals surface area (Å²) < 4.78 is 1.90. The van der Waals surface area contributed by atoms with Crippen LogP contribution in [0.4, 0.5) is 0 Å². The molecule has 0 bridgehead atoms. The summed E-state index contributed by atoms with van der Waals surface area (Å²) in [5.74, 6) is 0. The van der Waals surface area contributed by atoms with Crippen LogP contribution in [0, 0.1) is 0 Å². The third kappa shape index (κ3) is 5.32. The van der Waals surface area contributed by atoms with Gasteiger partial charge in [-0.25, -0.2) is 4.68 Å². The zero-order valence-corrected chi connectivity index (χ0v) is 16.6. The van der Waals surface area contributed by atoms with Crippen LogP contribution in [0.3, 0.4) is 0 Å². The average molecular weight is 351 g/mol. The van der Waals surface area contributed by atoms with E-state index >= 15 is 0 Å². The first kappa shape index (κ1) is 20.7. The second-order valence-electron chi connectivity index (χ2n) is 8.36. The smallest absolute Gasteiger partial charge is 0.0839 e. The van der Waals surface area contributed by atoms with Crippen LogP contribution < -0.4 is 5.73 Å². The van der Waals surface area contributed by atoms with Crippen molar-refractivity contribution in [2.45, 2.75) is 65.3 Å². The SMILES string of the molecule is CC(C)(C)c1cc(Cn2cc(CCN)nn2)cc(C(C)(C)C)c1.Cl. The first-order valence-electron chi connectivity index (χ1n) is 8.33. The van der Waals surface area contributed by atoms with Crippen LogP contribution in [0.25, 0.3) is 0 Å². The number of hydrogen-bond donors (Lipinski definition) is 1. The monoisotopic (exact) mass is 350 g/mol. The maximum absolute atomic E-state index is 5.58. The molecule has 2 aromatic rings. The Kier molecular flexibility index (Phi) is 6.59. The Balaban J connectivity index is 0.00000288. The molecule has 0 saturated heterocycles. The van der Waals surface area contributed by atoms with Crippen molar-refractivity contribution in [1.29, 1.82) is 0 Å². The molecular formula is C19H31ClN4. The van der Waals surface area contributed by atoms with Gasteiger partial charge in [0.25, 0.3) is 0 Å². The third-order valence-corrected chi connectivity index (χ3v) is 4.06. The molecule has 1 heterocycles. The fourth-order valence-corrected chi connectivity index (χ4v) is 2.51. The number of benzene rings is 1. The Morgan fingerprint density at radius 2 is 1.50 bits per heavy atom. The van der Waals surface area contributed by atoms with Gasteiger partial charge in [-0.15, -0.1) is 17.5 Å². The number of hydrogen-bond acceptors (Lipinski definition) is 3. The second kappa shape index (κ2) is 7.66. The van der Waals surface area contributed by atoms with E-state index in [-0.39, 0.29) is 23.2 Å². The number of aromatic nitrogens is 3. The maximum Gasteiger partial charge on any atom is 0.0839 e. The predicted octanol–water partition coefficient (Wildman–Crippen LogP) is 3.84. The Morgan fingerprint density at radius 1 is 0.958 bits per heavy atom.